The highest BCUT2D eigenvalue weighted by atomic mass is 16.6. The zero-order valence-corrected chi connectivity index (χ0v) is 16.6. The highest BCUT2D eigenvalue weighted by Gasteiger charge is 2.21. The molecule has 152 valence electrons. The first-order valence-electron chi connectivity index (χ1n) is 9.28. The highest BCUT2D eigenvalue weighted by Crippen LogP contribution is 2.28. The number of hydrogen-bond donors (Lipinski definition) is 1. The van der Waals surface area contributed by atoms with Crippen molar-refractivity contribution < 1.29 is 24.1 Å². The average Bonchev–Trinajstić information content (AvgIpc) is 2.65. The molecule has 7 nitrogen and oxygen atoms in total. The summed E-state index contributed by atoms with van der Waals surface area (Å²) in [5.74, 6) is 1.58. The lowest BCUT2D eigenvalue weighted by Crippen LogP contribution is -2.39. The van der Waals surface area contributed by atoms with Crippen LogP contribution < -0.4 is 9.47 Å². The van der Waals surface area contributed by atoms with Crippen LogP contribution in [0.4, 0.5) is 4.79 Å². The SMILES string of the molecule is CC(C)(C)OC(=O)N(CCO)CCCOc1cccnc1Oc1ccccc1. The van der Waals surface area contributed by atoms with Crippen LogP contribution in [0.2, 0.25) is 0 Å². The Balaban J connectivity index is 1.87. The van der Waals surface area contributed by atoms with E-state index in [1.807, 2.05) is 51.1 Å². The van der Waals surface area contributed by atoms with Crippen molar-refractivity contribution in [2.24, 2.45) is 0 Å². The van der Waals surface area contributed by atoms with Crippen LogP contribution >= 0.6 is 0 Å². The van der Waals surface area contributed by atoms with E-state index < -0.39 is 11.7 Å². The summed E-state index contributed by atoms with van der Waals surface area (Å²) >= 11 is 0. The molecule has 0 bridgehead atoms. The maximum Gasteiger partial charge on any atom is 0.410 e. The van der Waals surface area contributed by atoms with Crippen LogP contribution in [0, 0.1) is 0 Å². The molecule has 7 heteroatoms. The molecule has 1 amide bonds. The zero-order chi connectivity index (χ0) is 20.4. The third-order valence-electron chi connectivity index (χ3n) is 3.55. The van der Waals surface area contributed by atoms with Crippen molar-refractivity contribution in [1.29, 1.82) is 0 Å². The molecule has 0 atom stereocenters. The molecule has 1 heterocycles. The monoisotopic (exact) mass is 388 g/mol. The first kappa shape index (κ1) is 21.5. The van der Waals surface area contributed by atoms with E-state index in [0.29, 0.717) is 37.0 Å². The van der Waals surface area contributed by atoms with Gasteiger partial charge < -0.3 is 24.2 Å². The van der Waals surface area contributed by atoms with E-state index in [4.69, 9.17) is 14.2 Å². The van der Waals surface area contributed by atoms with Gasteiger partial charge in [-0.1, -0.05) is 18.2 Å². The number of nitrogens with zero attached hydrogens (tertiary/aromatic N) is 2. The fourth-order valence-corrected chi connectivity index (χ4v) is 2.34. The molecular formula is C21H28N2O5. The van der Waals surface area contributed by atoms with Gasteiger partial charge in [0.1, 0.15) is 11.4 Å². The number of carbonyl (C=O) groups is 1. The van der Waals surface area contributed by atoms with Crippen LogP contribution in [0.3, 0.4) is 0 Å². The van der Waals surface area contributed by atoms with Gasteiger partial charge in [-0.05, 0) is 51.5 Å². The molecule has 0 aliphatic rings. The summed E-state index contributed by atoms with van der Waals surface area (Å²) in [4.78, 5) is 17.9. The lowest BCUT2D eigenvalue weighted by Gasteiger charge is -2.27. The van der Waals surface area contributed by atoms with Crippen molar-refractivity contribution in [3.8, 4) is 17.4 Å². The maximum atomic E-state index is 12.2. The van der Waals surface area contributed by atoms with Crippen molar-refractivity contribution in [2.75, 3.05) is 26.3 Å². The molecule has 0 saturated heterocycles. The second-order valence-corrected chi connectivity index (χ2v) is 7.11. The van der Waals surface area contributed by atoms with Gasteiger partial charge in [0.05, 0.1) is 13.2 Å². The van der Waals surface area contributed by atoms with Crippen molar-refractivity contribution in [1.82, 2.24) is 9.88 Å². The van der Waals surface area contributed by atoms with E-state index in [1.165, 1.54) is 4.90 Å². The van der Waals surface area contributed by atoms with E-state index in [1.54, 1.807) is 18.3 Å². The topological polar surface area (TPSA) is 81.1 Å². The van der Waals surface area contributed by atoms with Crippen molar-refractivity contribution in [3.63, 3.8) is 0 Å². The second kappa shape index (κ2) is 10.5. The predicted octanol–water partition coefficient (Wildman–Crippen LogP) is 3.87. The Hall–Kier alpha value is -2.80. The molecule has 0 radical (unpaired) electrons. The van der Waals surface area contributed by atoms with Crippen LogP contribution in [0.1, 0.15) is 27.2 Å². The summed E-state index contributed by atoms with van der Waals surface area (Å²) in [7, 11) is 0. The standard InChI is InChI=1S/C21H28N2O5/c1-21(2,3)28-20(25)23(14-15-24)13-8-16-26-18-11-7-12-22-19(18)27-17-9-5-4-6-10-17/h4-7,9-12,24H,8,13-16H2,1-3H3. The Kier molecular flexibility index (Phi) is 8.07. The molecule has 2 aromatic rings. The molecule has 0 spiro atoms. The number of para-hydroxylation sites is 1. The molecule has 1 aromatic heterocycles. The van der Waals surface area contributed by atoms with Crippen LogP contribution in [0.15, 0.2) is 48.7 Å². The van der Waals surface area contributed by atoms with Gasteiger partial charge in [-0.15, -0.1) is 0 Å². The van der Waals surface area contributed by atoms with Gasteiger partial charge in [0.15, 0.2) is 5.75 Å². The first-order chi connectivity index (χ1) is 13.4. The van der Waals surface area contributed by atoms with Gasteiger partial charge in [0, 0.05) is 19.3 Å². The van der Waals surface area contributed by atoms with Crippen molar-refractivity contribution in [2.45, 2.75) is 32.8 Å². The normalized spacial score (nSPS) is 11.0. The minimum Gasteiger partial charge on any atom is -0.488 e. The van der Waals surface area contributed by atoms with Gasteiger partial charge in [-0.25, -0.2) is 9.78 Å². The molecule has 28 heavy (non-hydrogen) atoms. The third-order valence-corrected chi connectivity index (χ3v) is 3.55. The van der Waals surface area contributed by atoms with E-state index in [0.717, 1.165) is 0 Å². The Bertz CT molecular complexity index is 731. The predicted molar refractivity (Wildman–Crippen MR) is 106 cm³/mol. The number of pyridine rings is 1. The number of aliphatic hydroxyl groups is 1. The van der Waals surface area contributed by atoms with Crippen LogP contribution in [-0.4, -0.2) is 53.0 Å². The third kappa shape index (κ3) is 7.44. The number of amides is 1. The van der Waals surface area contributed by atoms with Crippen LogP contribution in [-0.2, 0) is 4.74 Å². The van der Waals surface area contributed by atoms with Gasteiger partial charge in [-0.3, -0.25) is 0 Å². The van der Waals surface area contributed by atoms with E-state index in [2.05, 4.69) is 4.98 Å². The quantitative estimate of drug-likeness (QED) is 0.657. The van der Waals surface area contributed by atoms with Crippen LogP contribution in [0.25, 0.3) is 0 Å². The Morgan fingerprint density at radius 2 is 1.86 bits per heavy atom. The number of carbonyl (C=O) groups excluding carboxylic acids is 1. The first-order valence-corrected chi connectivity index (χ1v) is 9.28. The lowest BCUT2D eigenvalue weighted by molar-refractivity contribution is 0.0210. The lowest BCUT2D eigenvalue weighted by atomic mass is 10.2. The minimum atomic E-state index is -0.583. The van der Waals surface area contributed by atoms with Gasteiger partial charge in [-0.2, -0.15) is 0 Å². The summed E-state index contributed by atoms with van der Waals surface area (Å²) in [6.45, 7) is 6.28. The Morgan fingerprint density at radius 1 is 1.11 bits per heavy atom. The molecule has 1 N–H and O–H groups in total. The Labute approximate surface area is 165 Å². The number of aliphatic hydroxyl groups excluding tert-OH is 1. The van der Waals surface area contributed by atoms with E-state index in [-0.39, 0.29) is 13.2 Å². The molecule has 0 aliphatic heterocycles. The summed E-state index contributed by atoms with van der Waals surface area (Å²) in [5.41, 5.74) is -0.583. The summed E-state index contributed by atoms with van der Waals surface area (Å²) in [6, 6.07) is 12.9. The highest BCUT2D eigenvalue weighted by molar-refractivity contribution is 5.68. The molecule has 1 aromatic carbocycles. The molecule has 2 rings (SSSR count). The maximum absolute atomic E-state index is 12.2. The zero-order valence-electron chi connectivity index (χ0n) is 16.6. The fraction of sp³-hybridized carbons (Fsp3) is 0.429. The molecule has 0 saturated carbocycles. The minimum absolute atomic E-state index is 0.127. The van der Waals surface area contributed by atoms with Crippen molar-refractivity contribution >= 4 is 6.09 Å². The number of ether oxygens (including phenoxy) is 3. The van der Waals surface area contributed by atoms with Crippen molar-refractivity contribution in [3.05, 3.63) is 48.7 Å². The Morgan fingerprint density at radius 3 is 2.54 bits per heavy atom. The number of hydrogen-bond acceptors (Lipinski definition) is 6. The molecular weight excluding hydrogens is 360 g/mol. The number of rotatable bonds is 9. The summed E-state index contributed by atoms with van der Waals surface area (Å²) < 4.78 is 16.9. The second-order valence-electron chi connectivity index (χ2n) is 7.11. The van der Waals surface area contributed by atoms with E-state index >= 15 is 0 Å². The summed E-state index contributed by atoms with van der Waals surface area (Å²) in [6.07, 6.45) is 1.76. The fourth-order valence-electron chi connectivity index (χ4n) is 2.34. The molecule has 0 unspecified atom stereocenters. The molecule has 0 aliphatic carbocycles. The van der Waals surface area contributed by atoms with Gasteiger partial charge in [0.25, 0.3) is 5.88 Å². The summed E-state index contributed by atoms with van der Waals surface area (Å²) in [5, 5.41) is 9.19. The van der Waals surface area contributed by atoms with Gasteiger partial charge in [0.2, 0.25) is 0 Å². The number of aromatic nitrogens is 1. The average molecular weight is 388 g/mol. The van der Waals surface area contributed by atoms with E-state index in [9.17, 15) is 9.90 Å². The smallest absolute Gasteiger partial charge is 0.410 e. The van der Waals surface area contributed by atoms with Gasteiger partial charge >= 0.3 is 6.09 Å². The number of benzene rings is 1. The van der Waals surface area contributed by atoms with Crippen LogP contribution in [0.5, 0.6) is 17.4 Å². The molecule has 0 fully saturated rings. The largest absolute Gasteiger partial charge is 0.488 e.